The first-order valence-corrected chi connectivity index (χ1v) is 9.16. The topological polar surface area (TPSA) is 84.9 Å². The Balaban J connectivity index is 2.26. The summed E-state index contributed by atoms with van der Waals surface area (Å²) in [5, 5.41) is 2.88. The third-order valence-corrected chi connectivity index (χ3v) is 4.29. The minimum atomic E-state index is -0.570. The van der Waals surface area contributed by atoms with Gasteiger partial charge >= 0.3 is 18.0 Å². The fourth-order valence-corrected chi connectivity index (χ4v) is 3.03. The smallest absolute Gasteiger partial charge is 0.338 e. The molecule has 1 aromatic rings. The predicted molar refractivity (Wildman–Crippen MR) is 99.6 cm³/mol. The zero-order chi connectivity index (χ0) is 19.8. The number of urea groups is 1. The summed E-state index contributed by atoms with van der Waals surface area (Å²) in [4.78, 5) is 38.2. The van der Waals surface area contributed by atoms with Gasteiger partial charge in [-0.15, -0.1) is 0 Å². The van der Waals surface area contributed by atoms with Crippen molar-refractivity contribution in [3.63, 3.8) is 0 Å². The maximum absolute atomic E-state index is 12.6. The molecule has 7 nitrogen and oxygen atoms in total. The molecule has 0 fully saturated rings. The van der Waals surface area contributed by atoms with Crippen molar-refractivity contribution in [2.75, 3.05) is 19.8 Å². The molecule has 1 atom stereocenters. The van der Waals surface area contributed by atoms with Gasteiger partial charge in [-0.2, -0.15) is 0 Å². The van der Waals surface area contributed by atoms with Crippen LogP contribution in [0.3, 0.4) is 0 Å². The van der Waals surface area contributed by atoms with Gasteiger partial charge in [0, 0.05) is 18.7 Å². The Labute approximate surface area is 159 Å². The first kappa shape index (κ1) is 20.5. The van der Waals surface area contributed by atoms with Crippen LogP contribution in [0.15, 0.2) is 41.6 Å². The fourth-order valence-electron chi connectivity index (χ4n) is 3.03. The number of allylic oxidation sites excluding steroid dienone is 1. The lowest BCUT2D eigenvalue weighted by molar-refractivity contribution is -0.143. The van der Waals surface area contributed by atoms with E-state index in [-0.39, 0.29) is 25.0 Å². The van der Waals surface area contributed by atoms with E-state index in [2.05, 4.69) is 5.32 Å². The monoisotopic (exact) mass is 374 g/mol. The number of rotatable bonds is 8. The Morgan fingerprint density at radius 2 is 1.78 bits per heavy atom. The second kappa shape index (κ2) is 9.75. The number of carbonyl (C=O) groups excluding carboxylic acids is 3. The Morgan fingerprint density at radius 1 is 1.11 bits per heavy atom. The van der Waals surface area contributed by atoms with Crippen LogP contribution in [0.1, 0.15) is 45.2 Å². The molecule has 2 amide bonds. The summed E-state index contributed by atoms with van der Waals surface area (Å²) < 4.78 is 10.1. The number of carbonyl (C=O) groups is 3. The minimum Gasteiger partial charge on any atom is -0.466 e. The number of hydrogen-bond donors (Lipinski definition) is 1. The molecule has 7 heteroatoms. The molecular formula is C20H26N2O5. The average Bonchev–Trinajstić information content (AvgIpc) is 2.65. The highest BCUT2D eigenvalue weighted by molar-refractivity contribution is 5.95. The molecule has 1 unspecified atom stereocenters. The molecule has 1 N–H and O–H groups in total. The Hall–Kier alpha value is -2.83. The second-order valence-corrected chi connectivity index (χ2v) is 6.07. The van der Waals surface area contributed by atoms with Crippen molar-refractivity contribution < 1.29 is 23.9 Å². The first-order chi connectivity index (χ1) is 13.0. The lowest BCUT2D eigenvalue weighted by Crippen LogP contribution is -2.48. The van der Waals surface area contributed by atoms with Crippen molar-refractivity contribution in [3.8, 4) is 0 Å². The molecule has 0 aliphatic carbocycles. The van der Waals surface area contributed by atoms with Crippen LogP contribution in [0, 0.1) is 0 Å². The van der Waals surface area contributed by atoms with Crippen molar-refractivity contribution >= 4 is 18.0 Å². The number of nitrogens with one attached hydrogen (secondary N) is 1. The Morgan fingerprint density at radius 3 is 2.41 bits per heavy atom. The van der Waals surface area contributed by atoms with E-state index in [0.717, 1.165) is 5.56 Å². The third kappa shape index (κ3) is 5.09. The summed E-state index contributed by atoms with van der Waals surface area (Å²) >= 11 is 0. The molecule has 1 heterocycles. The summed E-state index contributed by atoms with van der Waals surface area (Å²) in [7, 11) is 0. The number of ether oxygens (including phenoxy) is 2. The highest BCUT2D eigenvalue weighted by Crippen LogP contribution is 2.31. The van der Waals surface area contributed by atoms with Crippen LogP contribution in [-0.4, -0.2) is 42.6 Å². The van der Waals surface area contributed by atoms with Gasteiger partial charge in [0.15, 0.2) is 0 Å². The molecule has 1 aliphatic heterocycles. The lowest BCUT2D eigenvalue weighted by atomic mass is 9.95. The van der Waals surface area contributed by atoms with Gasteiger partial charge in [0.1, 0.15) is 0 Å². The predicted octanol–water partition coefficient (Wildman–Crippen LogP) is 2.93. The number of nitrogens with zero attached hydrogens (tertiary/aromatic N) is 1. The molecule has 0 saturated carbocycles. The molecule has 1 aromatic carbocycles. The van der Waals surface area contributed by atoms with Crippen LogP contribution in [0.2, 0.25) is 0 Å². The van der Waals surface area contributed by atoms with Crippen LogP contribution in [0.5, 0.6) is 0 Å². The number of hydrogen-bond acceptors (Lipinski definition) is 5. The van der Waals surface area contributed by atoms with Crippen LogP contribution in [0.25, 0.3) is 0 Å². The second-order valence-electron chi connectivity index (χ2n) is 6.07. The molecule has 146 valence electrons. The maximum atomic E-state index is 12.6. The van der Waals surface area contributed by atoms with E-state index in [1.54, 1.807) is 20.8 Å². The Kier molecular flexibility index (Phi) is 7.40. The van der Waals surface area contributed by atoms with Crippen molar-refractivity contribution in [2.45, 2.75) is 39.7 Å². The van der Waals surface area contributed by atoms with Crippen molar-refractivity contribution in [3.05, 3.63) is 47.2 Å². The van der Waals surface area contributed by atoms with E-state index in [0.29, 0.717) is 30.8 Å². The highest BCUT2D eigenvalue weighted by Gasteiger charge is 2.36. The Bertz CT molecular complexity index is 714. The molecule has 0 saturated heterocycles. The van der Waals surface area contributed by atoms with Gasteiger partial charge in [0.25, 0.3) is 0 Å². The standard InChI is InChI=1S/C20H26N2O5/c1-4-26-16(23)12-9-13-22-14(3)17(19(24)27-5-2)18(21-20(22)25)15-10-7-6-8-11-15/h6-8,10-11,18H,4-5,9,12-13H2,1-3H3,(H,21,25). The molecule has 2 rings (SSSR count). The third-order valence-electron chi connectivity index (χ3n) is 4.29. The molecule has 0 spiro atoms. The van der Waals surface area contributed by atoms with Gasteiger partial charge in [-0.25, -0.2) is 9.59 Å². The SMILES string of the molecule is CCOC(=O)CCCN1C(=O)NC(c2ccccc2)C(C(=O)OCC)=C1C. The van der Waals surface area contributed by atoms with Gasteiger partial charge in [-0.05, 0) is 32.8 Å². The largest absolute Gasteiger partial charge is 0.466 e. The summed E-state index contributed by atoms with van der Waals surface area (Å²) in [6.07, 6.45) is 0.650. The zero-order valence-electron chi connectivity index (χ0n) is 16.0. The fraction of sp³-hybridized carbons (Fsp3) is 0.450. The summed E-state index contributed by atoms with van der Waals surface area (Å²) in [6.45, 7) is 6.09. The number of esters is 2. The summed E-state index contributed by atoms with van der Waals surface area (Å²) in [5.41, 5.74) is 1.74. The van der Waals surface area contributed by atoms with E-state index in [1.807, 2.05) is 30.3 Å². The van der Waals surface area contributed by atoms with Crippen molar-refractivity contribution in [1.82, 2.24) is 10.2 Å². The minimum absolute atomic E-state index is 0.210. The van der Waals surface area contributed by atoms with Gasteiger partial charge in [0.2, 0.25) is 0 Å². The molecule has 0 bridgehead atoms. The van der Waals surface area contributed by atoms with Gasteiger partial charge in [-0.3, -0.25) is 9.69 Å². The van der Waals surface area contributed by atoms with Gasteiger partial charge < -0.3 is 14.8 Å². The van der Waals surface area contributed by atoms with E-state index < -0.39 is 12.0 Å². The maximum Gasteiger partial charge on any atom is 0.338 e. The highest BCUT2D eigenvalue weighted by atomic mass is 16.5. The lowest BCUT2D eigenvalue weighted by Gasteiger charge is -2.35. The quantitative estimate of drug-likeness (QED) is 0.707. The summed E-state index contributed by atoms with van der Waals surface area (Å²) in [6, 6.07) is 8.41. The number of benzene rings is 1. The molecule has 0 radical (unpaired) electrons. The van der Waals surface area contributed by atoms with E-state index in [4.69, 9.17) is 9.47 Å². The van der Waals surface area contributed by atoms with Gasteiger partial charge in [-0.1, -0.05) is 30.3 Å². The molecule has 1 aliphatic rings. The van der Waals surface area contributed by atoms with Gasteiger partial charge in [0.05, 0.1) is 24.8 Å². The molecule has 0 aromatic heterocycles. The molecular weight excluding hydrogens is 348 g/mol. The van der Waals surface area contributed by atoms with E-state index >= 15 is 0 Å². The van der Waals surface area contributed by atoms with Crippen LogP contribution in [0.4, 0.5) is 4.79 Å². The summed E-state index contributed by atoms with van der Waals surface area (Å²) in [5.74, 6) is -0.761. The van der Waals surface area contributed by atoms with E-state index in [1.165, 1.54) is 4.90 Å². The van der Waals surface area contributed by atoms with Crippen molar-refractivity contribution in [1.29, 1.82) is 0 Å². The average molecular weight is 374 g/mol. The van der Waals surface area contributed by atoms with Crippen molar-refractivity contribution in [2.24, 2.45) is 0 Å². The zero-order valence-corrected chi connectivity index (χ0v) is 16.0. The van der Waals surface area contributed by atoms with Crippen LogP contribution in [-0.2, 0) is 19.1 Å². The van der Waals surface area contributed by atoms with E-state index in [9.17, 15) is 14.4 Å². The van der Waals surface area contributed by atoms with Crippen LogP contribution < -0.4 is 5.32 Å². The first-order valence-electron chi connectivity index (χ1n) is 9.16. The molecule has 27 heavy (non-hydrogen) atoms. The van der Waals surface area contributed by atoms with Crippen LogP contribution >= 0.6 is 0 Å². The normalized spacial score (nSPS) is 16.8. The number of amides is 2.